The monoisotopic (exact) mass is 374 g/mol. The fourth-order valence-electron chi connectivity index (χ4n) is 4.30. The first-order valence-corrected chi connectivity index (χ1v) is 10.3. The van der Waals surface area contributed by atoms with Crippen LogP contribution in [0.25, 0.3) is 11.4 Å². The minimum atomic E-state index is 0.351. The first-order chi connectivity index (χ1) is 13.5. The highest BCUT2D eigenvalue weighted by molar-refractivity contribution is 6.05. The summed E-state index contributed by atoms with van der Waals surface area (Å²) in [6.45, 7) is 10.6. The highest BCUT2D eigenvalue weighted by Gasteiger charge is 2.35. The number of allylic oxidation sites excluding steroid dienone is 1. The van der Waals surface area contributed by atoms with Gasteiger partial charge in [0.05, 0.1) is 34.6 Å². The maximum atomic E-state index is 5.01. The molecule has 2 aromatic heterocycles. The van der Waals surface area contributed by atoms with Crippen molar-refractivity contribution in [3.8, 4) is 11.4 Å². The van der Waals surface area contributed by atoms with Gasteiger partial charge >= 0.3 is 0 Å². The molecule has 3 aliphatic rings. The van der Waals surface area contributed by atoms with Crippen molar-refractivity contribution in [1.82, 2.24) is 19.9 Å². The summed E-state index contributed by atoms with van der Waals surface area (Å²) in [4.78, 5) is 25.7. The average Bonchev–Trinajstić information content (AvgIpc) is 3.46. The summed E-state index contributed by atoms with van der Waals surface area (Å²) >= 11 is 0. The molecule has 0 amide bonds. The van der Waals surface area contributed by atoms with Crippen molar-refractivity contribution in [2.24, 2.45) is 10.9 Å². The molecule has 0 spiro atoms. The lowest BCUT2D eigenvalue weighted by Gasteiger charge is -2.42. The molecule has 0 saturated heterocycles. The third kappa shape index (κ3) is 2.74. The molecule has 2 aromatic rings. The largest absolute Gasteiger partial charge is 0.320 e. The quantitative estimate of drug-likeness (QED) is 0.774. The molecule has 6 nitrogen and oxygen atoms in total. The Morgan fingerprint density at radius 2 is 1.89 bits per heavy atom. The maximum Gasteiger partial charge on any atom is 0.165 e. The smallest absolute Gasteiger partial charge is 0.165 e. The van der Waals surface area contributed by atoms with Gasteiger partial charge in [-0.1, -0.05) is 13.0 Å². The number of fused-ring (bicyclic) bond motifs is 1. The van der Waals surface area contributed by atoms with Crippen LogP contribution in [0.2, 0.25) is 0 Å². The van der Waals surface area contributed by atoms with E-state index >= 15 is 0 Å². The summed E-state index contributed by atoms with van der Waals surface area (Å²) in [7, 11) is 0. The van der Waals surface area contributed by atoms with E-state index in [1.807, 2.05) is 20.0 Å². The number of hydrogen-bond acceptors (Lipinski definition) is 6. The molecule has 0 radical (unpaired) electrons. The zero-order chi connectivity index (χ0) is 19.4. The zero-order valence-electron chi connectivity index (χ0n) is 16.8. The van der Waals surface area contributed by atoms with Crippen LogP contribution >= 0.6 is 0 Å². The first kappa shape index (κ1) is 17.5. The summed E-state index contributed by atoms with van der Waals surface area (Å²) in [6.07, 6.45) is 9.72. The van der Waals surface area contributed by atoms with Crippen LogP contribution in [0.3, 0.4) is 0 Å². The Hall–Kier alpha value is -2.63. The summed E-state index contributed by atoms with van der Waals surface area (Å²) in [6, 6.07) is 0.351. The highest BCUT2D eigenvalue weighted by Crippen LogP contribution is 2.45. The molecule has 0 aromatic carbocycles. The second kappa shape index (κ2) is 6.47. The van der Waals surface area contributed by atoms with Gasteiger partial charge in [-0.3, -0.25) is 0 Å². The Balaban J connectivity index is 1.63. The molecule has 2 fully saturated rings. The van der Waals surface area contributed by atoms with Crippen LogP contribution in [-0.4, -0.2) is 31.7 Å². The number of aryl methyl sites for hydroxylation is 1. The van der Waals surface area contributed by atoms with Gasteiger partial charge in [0.15, 0.2) is 11.6 Å². The topological polar surface area (TPSA) is 67.2 Å². The number of hydrogen-bond donors (Lipinski definition) is 0. The molecular weight excluding hydrogens is 348 g/mol. The van der Waals surface area contributed by atoms with Crippen LogP contribution < -0.4 is 4.90 Å². The SMILES string of the molecule is C=C1C(C)=Nc2cnc(-c3c(C)ncnc3C3CC3)nc2N1[C@H](C)C1CCC1. The van der Waals surface area contributed by atoms with Crippen molar-refractivity contribution < 1.29 is 0 Å². The number of nitrogens with zero attached hydrogens (tertiary/aromatic N) is 6. The summed E-state index contributed by atoms with van der Waals surface area (Å²) in [5.74, 6) is 2.76. The van der Waals surface area contributed by atoms with Gasteiger partial charge in [0.25, 0.3) is 0 Å². The van der Waals surface area contributed by atoms with E-state index in [-0.39, 0.29) is 0 Å². The van der Waals surface area contributed by atoms with E-state index in [0.29, 0.717) is 23.7 Å². The maximum absolute atomic E-state index is 5.01. The van der Waals surface area contributed by atoms with Crippen LogP contribution in [0, 0.1) is 12.8 Å². The third-order valence-corrected chi connectivity index (χ3v) is 6.47. The van der Waals surface area contributed by atoms with Crippen molar-refractivity contribution in [1.29, 1.82) is 0 Å². The van der Waals surface area contributed by atoms with Gasteiger partial charge in [0.2, 0.25) is 0 Å². The number of aliphatic imine (C=N–C) groups is 1. The molecule has 1 atom stereocenters. The zero-order valence-corrected chi connectivity index (χ0v) is 16.8. The Morgan fingerprint density at radius 3 is 2.57 bits per heavy atom. The average molecular weight is 374 g/mol. The van der Waals surface area contributed by atoms with Crippen LogP contribution in [0.15, 0.2) is 29.8 Å². The molecule has 1 aliphatic heterocycles. The van der Waals surface area contributed by atoms with E-state index in [1.54, 1.807) is 6.33 Å². The lowest BCUT2D eigenvalue weighted by Crippen LogP contribution is -2.43. The van der Waals surface area contributed by atoms with Crippen LogP contribution in [0.4, 0.5) is 11.5 Å². The van der Waals surface area contributed by atoms with Gasteiger partial charge in [-0.15, -0.1) is 0 Å². The van der Waals surface area contributed by atoms with E-state index in [2.05, 4.69) is 33.4 Å². The lowest BCUT2D eigenvalue weighted by atomic mass is 9.79. The summed E-state index contributed by atoms with van der Waals surface area (Å²) in [5.41, 5.74) is 5.71. The molecule has 0 unspecified atom stereocenters. The second-order valence-corrected chi connectivity index (χ2v) is 8.34. The van der Waals surface area contributed by atoms with Gasteiger partial charge in [-0.25, -0.2) is 24.9 Å². The lowest BCUT2D eigenvalue weighted by molar-refractivity contribution is 0.269. The minimum Gasteiger partial charge on any atom is -0.320 e. The molecule has 144 valence electrons. The Labute approximate surface area is 165 Å². The third-order valence-electron chi connectivity index (χ3n) is 6.47. The van der Waals surface area contributed by atoms with Crippen molar-refractivity contribution in [2.75, 3.05) is 4.90 Å². The van der Waals surface area contributed by atoms with Gasteiger partial charge in [-0.2, -0.15) is 0 Å². The molecule has 2 saturated carbocycles. The predicted octanol–water partition coefficient (Wildman–Crippen LogP) is 4.73. The molecule has 0 bridgehead atoms. The Morgan fingerprint density at radius 1 is 1.11 bits per heavy atom. The predicted molar refractivity (Wildman–Crippen MR) is 111 cm³/mol. The van der Waals surface area contributed by atoms with Crippen LogP contribution in [0.5, 0.6) is 0 Å². The van der Waals surface area contributed by atoms with E-state index in [1.165, 1.54) is 32.1 Å². The minimum absolute atomic E-state index is 0.351. The molecule has 28 heavy (non-hydrogen) atoms. The fourth-order valence-corrected chi connectivity index (χ4v) is 4.30. The summed E-state index contributed by atoms with van der Waals surface area (Å²) in [5, 5.41) is 0. The molecule has 3 heterocycles. The molecule has 2 aliphatic carbocycles. The van der Waals surface area contributed by atoms with E-state index < -0.39 is 0 Å². The van der Waals surface area contributed by atoms with Crippen molar-refractivity contribution >= 4 is 17.2 Å². The number of rotatable bonds is 4. The van der Waals surface area contributed by atoms with Gasteiger partial charge in [0.1, 0.15) is 12.0 Å². The Kier molecular flexibility index (Phi) is 4.03. The van der Waals surface area contributed by atoms with Crippen molar-refractivity contribution in [3.05, 3.63) is 36.2 Å². The van der Waals surface area contributed by atoms with Crippen LogP contribution in [0.1, 0.15) is 63.3 Å². The fraction of sp³-hybridized carbons (Fsp3) is 0.500. The standard InChI is InChI=1S/C22H26N6/c1-12-14(3)28(15(4)16-6-5-7-16)22-18(26-12)10-23-21(27-22)19-13(2)24-11-25-20(19)17-8-9-17/h10-11,15-17H,3,5-9H2,1-2,4H3/t15-/m1/s1. The highest BCUT2D eigenvalue weighted by atomic mass is 15.3. The van der Waals surface area contributed by atoms with Crippen molar-refractivity contribution in [2.45, 2.75) is 64.8 Å². The molecule has 6 heteroatoms. The van der Waals surface area contributed by atoms with E-state index in [0.717, 1.165) is 39.9 Å². The summed E-state index contributed by atoms with van der Waals surface area (Å²) < 4.78 is 0. The van der Waals surface area contributed by atoms with Crippen LogP contribution in [-0.2, 0) is 0 Å². The van der Waals surface area contributed by atoms with Gasteiger partial charge in [0, 0.05) is 12.0 Å². The second-order valence-electron chi connectivity index (χ2n) is 8.34. The van der Waals surface area contributed by atoms with E-state index in [9.17, 15) is 0 Å². The molecular formula is C22H26N6. The molecule has 0 N–H and O–H groups in total. The number of aromatic nitrogens is 4. The molecule has 5 rings (SSSR count). The number of anilines is 1. The first-order valence-electron chi connectivity index (χ1n) is 10.3. The normalized spacial score (nSPS) is 20.5. The van der Waals surface area contributed by atoms with Gasteiger partial charge < -0.3 is 4.90 Å². The van der Waals surface area contributed by atoms with E-state index in [4.69, 9.17) is 9.98 Å². The van der Waals surface area contributed by atoms with Crippen molar-refractivity contribution in [3.63, 3.8) is 0 Å². The van der Waals surface area contributed by atoms with Gasteiger partial charge in [-0.05, 0) is 52.4 Å². The Bertz CT molecular complexity index is 987.